The van der Waals surface area contributed by atoms with Gasteiger partial charge in [-0.3, -0.25) is 4.79 Å². The first-order valence-corrected chi connectivity index (χ1v) is 4.96. The third kappa shape index (κ3) is 2.99. The number of hydrogen-bond donors (Lipinski definition) is 1. The van der Waals surface area contributed by atoms with Gasteiger partial charge < -0.3 is 10.1 Å². The fourth-order valence-electron chi connectivity index (χ4n) is 1.90. The molecule has 0 saturated carbocycles. The average molecular weight is 185 g/mol. The molecule has 0 bridgehead atoms. The van der Waals surface area contributed by atoms with Crippen LogP contribution in [0.2, 0.25) is 0 Å². The van der Waals surface area contributed by atoms with Crippen molar-refractivity contribution in [3.05, 3.63) is 0 Å². The lowest BCUT2D eigenvalue weighted by atomic mass is 9.90. The number of carbonyl (C=O) groups is 1. The second-order valence-electron chi connectivity index (χ2n) is 4.09. The molecule has 1 amide bonds. The number of carbonyl (C=O) groups excluding carboxylic acids is 1. The fraction of sp³-hybridized carbons (Fsp3) is 0.900. The first-order valence-electron chi connectivity index (χ1n) is 4.96. The van der Waals surface area contributed by atoms with Gasteiger partial charge in [0, 0.05) is 25.5 Å². The van der Waals surface area contributed by atoms with Crippen LogP contribution < -0.4 is 5.32 Å². The zero-order valence-corrected chi connectivity index (χ0v) is 8.67. The predicted molar refractivity (Wildman–Crippen MR) is 51.4 cm³/mol. The minimum absolute atomic E-state index is 0.0607. The van der Waals surface area contributed by atoms with Gasteiger partial charge in [0.05, 0.1) is 6.61 Å². The minimum Gasteiger partial charge on any atom is -0.381 e. The van der Waals surface area contributed by atoms with Gasteiger partial charge in [0.1, 0.15) is 0 Å². The fourth-order valence-corrected chi connectivity index (χ4v) is 1.90. The third-order valence-electron chi connectivity index (χ3n) is 2.56. The van der Waals surface area contributed by atoms with Crippen LogP contribution in [0.15, 0.2) is 0 Å². The normalized spacial score (nSPS) is 24.8. The number of hydrogen-bond acceptors (Lipinski definition) is 2. The summed E-state index contributed by atoms with van der Waals surface area (Å²) in [4.78, 5) is 11.0. The van der Waals surface area contributed by atoms with Crippen molar-refractivity contribution in [2.24, 2.45) is 11.8 Å². The molecule has 0 aromatic carbocycles. The van der Waals surface area contributed by atoms with E-state index in [9.17, 15) is 4.79 Å². The molecule has 76 valence electrons. The van der Waals surface area contributed by atoms with Gasteiger partial charge in [-0.1, -0.05) is 13.8 Å². The number of amides is 1. The predicted octanol–water partition coefficient (Wildman–Crippen LogP) is 1.18. The van der Waals surface area contributed by atoms with E-state index in [2.05, 4.69) is 19.2 Å². The standard InChI is InChI=1S/C10H19NO2/c1-7(2)10(11-8(3)12)9-4-5-13-6-9/h7,9-10H,4-6H2,1-3H3,(H,11,12)/t9-,10?/m0/s1. The molecular formula is C10H19NO2. The molecule has 1 fully saturated rings. The lowest BCUT2D eigenvalue weighted by Crippen LogP contribution is -2.43. The summed E-state index contributed by atoms with van der Waals surface area (Å²) in [6, 6.07) is 0.278. The molecule has 3 heteroatoms. The molecule has 2 atom stereocenters. The lowest BCUT2D eigenvalue weighted by Gasteiger charge is -2.26. The van der Waals surface area contributed by atoms with Crippen molar-refractivity contribution in [1.82, 2.24) is 5.32 Å². The largest absolute Gasteiger partial charge is 0.381 e. The lowest BCUT2D eigenvalue weighted by molar-refractivity contribution is -0.120. The van der Waals surface area contributed by atoms with Crippen molar-refractivity contribution in [3.8, 4) is 0 Å². The Labute approximate surface area is 79.8 Å². The van der Waals surface area contributed by atoms with Gasteiger partial charge in [0.25, 0.3) is 0 Å². The van der Waals surface area contributed by atoms with Crippen molar-refractivity contribution in [1.29, 1.82) is 0 Å². The Bertz CT molecular complexity index is 174. The van der Waals surface area contributed by atoms with Gasteiger partial charge in [-0.25, -0.2) is 0 Å². The quantitative estimate of drug-likeness (QED) is 0.717. The van der Waals surface area contributed by atoms with Gasteiger partial charge in [-0.05, 0) is 12.3 Å². The third-order valence-corrected chi connectivity index (χ3v) is 2.56. The van der Waals surface area contributed by atoms with E-state index < -0.39 is 0 Å². The van der Waals surface area contributed by atoms with E-state index in [1.54, 1.807) is 6.92 Å². The van der Waals surface area contributed by atoms with Crippen LogP contribution in [0, 0.1) is 11.8 Å². The molecule has 3 nitrogen and oxygen atoms in total. The Morgan fingerprint density at radius 3 is 2.62 bits per heavy atom. The van der Waals surface area contributed by atoms with Crippen LogP contribution in [-0.2, 0) is 9.53 Å². The Morgan fingerprint density at radius 1 is 1.54 bits per heavy atom. The first-order chi connectivity index (χ1) is 6.11. The molecule has 1 heterocycles. The van der Waals surface area contributed by atoms with Crippen molar-refractivity contribution in [2.75, 3.05) is 13.2 Å². The monoisotopic (exact) mass is 185 g/mol. The summed E-state index contributed by atoms with van der Waals surface area (Å²) in [5, 5.41) is 3.00. The number of ether oxygens (including phenoxy) is 1. The Balaban J connectivity index is 2.50. The van der Waals surface area contributed by atoms with Crippen LogP contribution in [0.4, 0.5) is 0 Å². The Kier molecular flexibility index (Phi) is 3.72. The first kappa shape index (κ1) is 10.5. The van der Waals surface area contributed by atoms with Crippen molar-refractivity contribution < 1.29 is 9.53 Å². The van der Waals surface area contributed by atoms with E-state index in [0.717, 1.165) is 19.6 Å². The van der Waals surface area contributed by atoms with Gasteiger partial charge >= 0.3 is 0 Å². The number of nitrogens with one attached hydrogen (secondary N) is 1. The maximum Gasteiger partial charge on any atom is 0.217 e. The SMILES string of the molecule is CC(=O)NC(C(C)C)[C@H]1CCOC1. The summed E-state index contributed by atoms with van der Waals surface area (Å²) in [7, 11) is 0. The number of rotatable bonds is 3. The van der Waals surface area contributed by atoms with Crippen LogP contribution >= 0.6 is 0 Å². The molecular weight excluding hydrogens is 166 g/mol. The van der Waals surface area contributed by atoms with E-state index >= 15 is 0 Å². The van der Waals surface area contributed by atoms with Gasteiger partial charge in [-0.2, -0.15) is 0 Å². The second kappa shape index (κ2) is 4.61. The summed E-state index contributed by atoms with van der Waals surface area (Å²) in [6.45, 7) is 7.49. The van der Waals surface area contributed by atoms with Crippen molar-refractivity contribution >= 4 is 5.91 Å². The topological polar surface area (TPSA) is 38.3 Å². The van der Waals surface area contributed by atoms with E-state index in [0.29, 0.717) is 11.8 Å². The average Bonchev–Trinajstić information content (AvgIpc) is 2.50. The van der Waals surface area contributed by atoms with Crippen LogP contribution in [0.5, 0.6) is 0 Å². The summed E-state index contributed by atoms with van der Waals surface area (Å²) in [5.41, 5.74) is 0. The molecule has 1 rings (SSSR count). The summed E-state index contributed by atoms with van der Waals surface area (Å²) in [6.07, 6.45) is 1.07. The van der Waals surface area contributed by atoms with Crippen LogP contribution in [0.25, 0.3) is 0 Å². The highest BCUT2D eigenvalue weighted by atomic mass is 16.5. The minimum atomic E-state index is 0.0607. The van der Waals surface area contributed by atoms with Gasteiger partial charge in [0.2, 0.25) is 5.91 Å². The molecule has 0 aromatic rings. The highest BCUT2D eigenvalue weighted by Gasteiger charge is 2.28. The van der Waals surface area contributed by atoms with Gasteiger partial charge in [0.15, 0.2) is 0 Å². The second-order valence-corrected chi connectivity index (χ2v) is 4.09. The highest BCUT2D eigenvalue weighted by Crippen LogP contribution is 2.21. The smallest absolute Gasteiger partial charge is 0.217 e. The Morgan fingerprint density at radius 2 is 2.23 bits per heavy atom. The van der Waals surface area contributed by atoms with Crippen LogP contribution in [0.3, 0.4) is 0 Å². The highest BCUT2D eigenvalue weighted by molar-refractivity contribution is 5.73. The molecule has 1 aliphatic heterocycles. The molecule has 13 heavy (non-hydrogen) atoms. The molecule has 0 aromatic heterocycles. The molecule has 0 aliphatic carbocycles. The van der Waals surface area contributed by atoms with Crippen molar-refractivity contribution in [3.63, 3.8) is 0 Å². The summed E-state index contributed by atoms with van der Waals surface area (Å²) < 4.78 is 5.32. The zero-order chi connectivity index (χ0) is 9.84. The maximum atomic E-state index is 11.0. The molecule has 1 unspecified atom stereocenters. The van der Waals surface area contributed by atoms with E-state index in [4.69, 9.17) is 4.74 Å². The van der Waals surface area contributed by atoms with Crippen molar-refractivity contribution in [2.45, 2.75) is 33.2 Å². The molecule has 1 N–H and O–H groups in total. The summed E-state index contributed by atoms with van der Waals surface area (Å²) >= 11 is 0. The summed E-state index contributed by atoms with van der Waals surface area (Å²) in [5.74, 6) is 1.05. The van der Waals surface area contributed by atoms with E-state index in [1.807, 2.05) is 0 Å². The van der Waals surface area contributed by atoms with Crippen LogP contribution in [-0.4, -0.2) is 25.2 Å². The van der Waals surface area contributed by atoms with E-state index in [-0.39, 0.29) is 11.9 Å². The Hall–Kier alpha value is -0.570. The van der Waals surface area contributed by atoms with E-state index in [1.165, 1.54) is 0 Å². The molecule has 1 saturated heterocycles. The molecule has 1 aliphatic rings. The van der Waals surface area contributed by atoms with Crippen LogP contribution in [0.1, 0.15) is 27.2 Å². The van der Waals surface area contributed by atoms with Gasteiger partial charge in [-0.15, -0.1) is 0 Å². The maximum absolute atomic E-state index is 11.0. The zero-order valence-electron chi connectivity index (χ0n) is 8.67. The molecule has 0 radical (unpaired) electrons. The molecule has 0 spiro atoms.